The maximum absolute atomic E-state index is 12.5. The second kappa shape index (κ2) is 6.13. The number of hydrogen-bond acceptors (Lipinski definition) is 5. The first-order valence-electron chi connectivity index (χ1n) is 6.63. The first kappa shape index (κ1) is 15.3. The van der Waals surface area contributed by atoms with Gasteiger partial charge in [-0.2, -0.15) is 0 Å². The van der Waals surface area contributed by atoms with Crippen LogP contribution in [0.3, 0.4) is 0 Å². The van der Waals surface area contributed by atoms with Crippen molar-refractivity contribution in [3.8, 4) is 0 Å². The Hall–Kier alpha value is -2.08. The number of rotatable bonds is 4. The van der Waals surface area contributed by atoms with E-state index in [-0.39, 0.29) is 5.91 Å². The van der Waals surface area contributed by atoms with Crippen LogP contribution in [0.4, 0.5) is 10.9 Å². The maximum Gasteiger partial charge on any atom is 0.267 e. The van der Waals surface area contributed by atoms with E-state index in [9.17, 15) is 4.79 Å². The third-order valence-corrected chi connectivity index (χ3v) is 4.29. The molecule has 0 atom stereocenters. The van der Waals surface area contributed by atoms with Crippen molar-refractivity contribution in [3.63, 3.8) is 0 Å². The standard InChI is InChI=1S/C15H20N4OS/c1-10-6-5-7-11(8-10)9-19(4)14(20)12-13(16)17-15(21-12)18(2)3/h5-8H,9,16H2,1-4H3. The van der Waals surface area contributed by atoms with Gasteiger partial charge in [0, 0.05) is 27.7 Å². The molecule has 1 heterocycles. The second-order valence-corrected chi connectivity index (χ2v) is 6.23. The maximum atomic E-state index is 12.5. The monoisotopic (exact) mass is 304 g/mol. The van der Waals surface area contributed by atoms with Crippen LogP contribution in [0.25, 0.3) is 0 Å². The highest BCUT2D eigenvalue weighted by atomic mass is 32.1. The zero-order chi connectivity index (χ0) is 15.6. The summed E-state index contributed by atoms with van der Waals surface area (Å²) in [5.74, 6) is 0.199. The highest BCUT2D eigenvalue weighted by molar-refractivity contribution is 7.18. The Balaban J connectivity index is 2.16. The number of carbonyl (C=O) groups is 1. The number of anilines is 2. The van der Waals surface area contributed by atoms with Crippen LogP contribution in [0, 0.1) is 6.92 Å². The summed E-state index contributed by atoms with van der Waals surface area (Å²) < 4.78 is 0. The van der Waals surface area contributed by atoms with E-state index in [0.717, 1.165) is 10.7 Å². The fraction of sp³-hybridized carbons (Fsp3) is 0.333. The molecule has 0 aliphatic heterocycles. The number of aryl methyl sites for hydroxylation is 1. The van der Waals surface area contributed by atoms with E-state index in [0.29, 0.717) is 17.2 Å². The summed E-state index contributed by atoms with van der Waals surface area (Å²) in [6.45, 7) is 2.59. The molecule has 5 nitrogen and oxygen atoms in total. The Morgan fingerprint density at radius 1 is 1.33 bits per heavy atom. The molecule has 2 N–H and O–H groups in total. The molecule has 2 rings (SSSR count). The van der Waals surface area contributed by atoms with E-state index in [2.05, 4.69) is 11.1 Å². The molecule has 112 valence electrons. The molecule has 0 saturated heterocycles. The molecule has 21 heavy (non-hydrogen) atoms. The van der Waals surface area contributed by atoms with Gasteiger partial charge < -0.3 is 15.5 Å². The summed E-state index contributed by atoms with van der Waals surface area (Å²) in [5, 5.41) is 0.736. The van der Waals surface area contributed by atoms with Gasteiger partial charge in [-0.1, -0.05) is 41.2 Å². The number of nitrogen functional groups attached to an aromatic ring is 1. The van der Waals surface area contributed by atoms with Crippen LogP contribution in [0.2, 0.25) is 0 Å². The van der Waals surface area contributed by atoms with E-state index in [4.69, 9.17) is 5.73 Å². The van der Waals surface area contributed by atoms with Crippen LogP contribution in [0.15, 0.2) is 24.3 Å². The number of nitrogens with two attached hydrogens (primary N) is 1. The quantitative estimate of drug-likeness (QED) is 0.942. The normalized spacial score (nSPS) is 10.5. The highest BCUT2D eigenvalue weighted by Crippen LogP contribution is 2.28. The summed E-state index contributed by atoms with van der Waals surface area (Å²) in [6, 6.07) is 8.12. The van der Waals surface area contributed by atoms with Crippen molar-refractivity contribution in [3.05, 3.63) is 40.3 Å². The molecular formula is C15H20N4OS. The summed E-state index contributed by atoms with van der Waals surface area (Å²) in [6.07, 6.45) is 0. The third-order valence-electron chi connectivity index (χ3n) is 3.07. The summed E-state index contributed by atoms with van der Waals surface area (Å²) >= 11 is 1.32. The Morgan fingerprint density at radius 2 is 2.05 bits per heavy atom. The van der Waals surface area contributed by atoms with Crippen molar-refractivity contribution in [2.24, 2.45) is 0 Å². The van der Waals surface area contributed by atoms with Crippen molar-refractivity contribution in [2.45, 2.75) is 13.5 Å². The first-order chi connectivity index (χ1) is 9.88. The van der Waals surface area contributed by atoms with Crippen LogP contribution in [-0.2, 0) is 6.54 Å². The molecule has 0 fully saturated rings. The van der Waals surface area contributed by atoms with E-state index >= 15 is 0 Å². The van der Waals surface area contributed by atoms with Crippen LogP contribution in [0.5, 0.6) is 0 Å². The van der Waals surface area contributed by atoms with Crippen LogP contribution >= 0.6 is 11.3 Å². The molecule has 1 amide bonds. The molecule has 2 aromatic rings. The van der Waals surface area contributed by atoms with Gasteiger partial charge in [-0.05, 0) is 12.5 Å². The van der Waals surface area contributed by atoms with Gasteiger partial charge in [0.25, 0.3) is 5.91 Å². The molecule has 0 aliphatic carbocycles. The zero-order valence-corrected chi connectivity index (χ0v) is 13.6. The van der Waals surface area contributed by atoms with E-state index in [1.807, 2.05) is 44.1 Å². The Bertz CT molecular complexity index is 651. The third kappa shape index (κ3) is 3.52. The van der Waals surface area contributed by atoms with Gasteiger partial charge >= 0.3 is 0 Å². The SMILES string of the molecule is Cc1cccc(CN(C)C(=O)c2sc(N(C)C)nc2N)c1. The second-order valence-electron chi connectivity index (χ2n) is 5.26. The van der Waals surface area contributed by atoms with E-state index in [1.54, 1.807) is 11.9 Å². The predicted octanol–water partition coefficient (Wildman–Crippen LogP) is 2.37. The lowest BCUT2D eigenvalue weighted by Gasteiger charge is -2.16. The number of benzene rings is 1. The average molecular weight is 304 g/mol. The van der Waals surface area contributed by atoms with Crippen molar-refractivity contribution in [1.82, 2.24) is 9.88 Å². The minimum atomic E-state index is -0.0976. The molecule has 0 spiro atoms. The summed E-state index contributed by atoms with van der Waals surface area (Å²) in [5.41, 5.74) is 8.14. The number of thiazole rings is 1. The lowest BCUT2D eigenvalue weighted by Crippen LogP contribution is -2.26. The van der Waals surface area contributed by atoms with Crippen molar-refractivity contribution < 1.29 is 4.79 Å². The lowest BCUT2D eigenvalue weighted by atomic mass is 10.1. The number of aromatic nitrogens is 1. The van der Waals surface area contributed by atoms with E-state index in [1.165, 1.54) is 16.9 Å². The summed E-state index contributed by atoms with van der Waals surface area (Å²) in [7, 11) is 5.53. The van der Waals surface area contributed by atoms with Gasteiger partial charge in [0.15, 0.2) is 5.13 Å². The van der Waals surface area contributed by atoms with E-state index < -0.39 is 0 Å². The molecule has 0 aliphatic rings. The zero-order valence-electron chi connectivity index (χ0n) is 12.8. The largest absolute Gasteiger partial charge is 0.382 e. The molecule has 1 aromatic heterocycles. The molecular weight excluding hydrogens is 284 g/mol. The lowest BCUT2D eigenvalue weighted by molar-refractivity contribution is 0.0790. The van der Waals surface area contributed by atoms with Gasteiger partial charge in [-0.3, -0.25) is 4.79 Å². The number of amides is 1. The topological polar surface area (TPSA) is 62.5 Å². The van der Waals surface area contributed by atoms with Crippen molar-refractivity contribution in [2.75, 3.05) is 31.8 Å². The van der Waals surface area contributed by atoms with Gasteiger partial charge in [0.2, 0.25) is 0 Å². The Morgan fingerprint density at radius 3 is 2.62 bits per heavy atom. The van der Waals surface area contributed by atoms with Gasteiger partial charge in [0.1, 0.15) is 10.7 Å². The average Bonchev–Trinajstić information content (AvgIpc) is 2.80. The Kier molecular flexibility index (Phi) is 4.47. The van der Waals surface area contributed by atoms with Crippen molar-refractivity contribution >= 4 is 28.2 Å². The Labute approximate surface area is 129 Å². The fourth-order valence-electron chi connectivity index (χ4n) is 1.99. The molecule has 0 radical (unpaired) electrons. The minimum Gasteiger partial charge on any atom is -0.382 e. The van der Waals surface area contributed by atoms with Gasteiger partial charge in [-0.15, -0.1) is 0 Å². The fourth-order valence-corrected chi connectivity index (χ4v) is 2.90. The number of hydrogen-bond donors (Lipinski definition) is 1. The van der Waals surface area contributed by atoms with Gasteiger partial charge in [0.05, 0.1) is 0 Å². The van der Waals surface area contributed by atoms with Crippen molar-refractivity contribution in [1.29, 1.82) is 0 Å². The summed E-state index contributed by atoms with van der Waals surface area (Å²) in [4.78, 5) is 20.7. The number of nitrogens with zero attached hydrogens (tertiary/aromatic N) is 3. The molecule has 0 unspecified atom stereocenters. The minimum absolute atomic E-state index is 0.0976. The highest BCUT2D eigenvalue weighted by Gasteiger charge is 2.20. The van der Waals surface area contributed by atoms with Crippen LogP contribution < -0.4 is 10.6 Å². The van der Waals surface area contributed by atoms with Crippen LogP contribution in [0.1, 0.15) is 20.8 Å². The molecule has 1 aromatic carbocycles. The molecule has 0 bridgehead atoms. The molecule has 0 saturated carbocycles. The number of carbonyl (C=O) groups excluding carboxylic acids is 1. The molecule has 6 heteroatoms. The van der Waals surface area contributed by atoms with Gasteiger partial charge in [-0.25, -0.2) is 4.98 Å². The first-order valence-corrected chi connectivity index (χ1v) is 7.44. The smallest absolute Gasteiger partial charge is 0.267 e. The van der Waals surface area contributed by atoms with Crippen LogP contribution in [-0.4, -0.2) is 36.9 Å². The predicted molar refractivity (Wildman–Crippen MR) is 87.8 cm³/mol.